The molecule has 0 spiro atoms. The maximum absolute atomic E-state index is 12.6. The summed E-state index contributed by atoms with van der Waals surface area (Å²) in [6, 6.07) is 13.4. The molecule has 0 aliphatic carbocycles. The van der Waals surface area contributed by atoms with Crippen LogP contribution in [0.15, 0.2) is 51.8 Å². The maximum atomic E-state index is 12.6. The van der Waals surface area contributed by atoms with Crippen LogP contribution < -0.4 is 14.8 Å². The molecule has 2 aromatic rings. The van der Waals surface area contributed by atoms with Crippen molar-refractivity contribution in [3.05, 3.63) is 46.9 Å². The highest BCUT2D eigenvalue weighted by Gasteiger charge is 2.27. The van der Waals surface area contributed by atoms with Gasteiger partial charge >= 0.3 is 0 Å². The number of nitrogens with one attached hydrogen (secondary N) is 1. The molecule has 1 fully saturated rings. The molecule has 2 amide bonds. The molecule has 158 valence electrons. The molecule has 1 N–H and O–H groups in total. The van der Waals surface area contributed by atoms with Gasteiger partial charge in [-0.05, 0) is 53.0 Å². The number of hydrogen-bond acceptors (Lipinski definition) is 5. The van der Waals surface area contributed by atoms with E-state index >= 15 is 0 Å². The standard InChI is InChI=1S/C22H23BrN2O4S/c23-17-3-1-2-4-20(17)30-12-9-21(26)25-10-7-15(8-11-25)22(27)24-16-5-6-18-19(13-16)29-14-28-18/h1-6,13,15H,7-12,14H2,(H,24,27). The Kier molecular flexibility index (Phi) is 6.84. The second kappa shape index (κ2) is 9.75. The third-order valence-electron chi connectivity index (χ3n) is 5.27. The van der Waals surface area contributed by atoms with Crippen LogP contribution in [0.25, 0.3) is 0 Å². The molecule has 0 aromatic heterocycles. The highest BCUT2D eigenvalue weighted by Crippen LogP contribution is 2.34. The van der Waals surface area contributed by atoms with E-state index in [-0.39, 0.29) is 24.5 Å². The summed E-state index contributed by atoms with van der Waals surface area (Å²) >= 11 is 5.21. The fourth-order valence-electron chi connectivity index (χ4n) is 3.58. The molecule has 0 bridgehead atoms. The van der Waals surface area contributed by atoms with E-state index in [2.05, 4.69) is 21.2 Å². The number of anilines is 1. The third kappa shape index (κ3) is 5.10. The number of amides is 2. The van der Waals surface area contributed by atoms with Crippen molar-refractivity contribution in [3.63, 3.8) is 0 Å². The second-order valence-corrected chi connectivity index (χ2v) is 9.23. The lowest BCUT2D eigenvalue weighted by Crippen LogP contribution is -2.41. The van der Waals surface area contributed by atoms with Crippen LogP contribution >= 0.6 is 27.7 Å². The topological polar surface area (TPSA) is 67.9 Å². The Balaban J connectivity index is 1.21. The predicted octanol–water partition coefficient (Wildman–Crippen LogP) is 4.54. The van der Waals surface area contributed by atoms with E-state index in [4.69, 9.17) is 9.47 Å². The Labute approximate surface area is 188 Å². The first-order valence-electron chi connectivity index (χ1n) is 9.96. The number of thioether (sulfide) groups is 1. The second-order valence-electron chi connectivity index (χ2n) is 7.24. The molecule has 0 saturated carbocycles. The lowest BCUT2D eigenvalue weighted by atomic mass is 9.95. The molecule has 0 radical (unpaired) electrons. The van der Waals surface area contributed by atoms with E-state index in [1.807, 2.05) is 35.2 Å². The van der Waals surface area contributed by atoms with Crippen LogP contribution in [0.1, 0.15) is 19.3 Å². The van der Waals surface area contributed by atoms with Gasteiger partial charge in [0, 0.05) is 52.3 Å². The summed E-state index contributed by atoms with van der Waals surface area (Å²) < 4.78 is 11.7. The number of likely N-dealkylation sites (tertiary alicyclic amines) is 1. The van der Waals surface area contributed by atoms with Gasteiger partial charge in [-0.15, -0.1) is 11.8 Å². The summed E-state index contributed by atoms with van der Waals surface area (Å²) in [5.74, 6) is 2.14. The van der Waals surface area contributed by atoms with Crippen molar-refractivity contribution in [3.8, 4) is 11.5 Å². The highest BCUT2D eigenvalue weighted by molar-refractivity contribution is 9.10. The van der Waals surface area contributed by atoms with Crippen LogP contribution in [0.5, 0.6) is 11.5 Å². The number of carbonyl (C=O) groups is 2. The number of fused-ring (bicyclic) bond motifs is 1. The van der Waals surface area contributed by atoms with Gasteiger partial charge in [0.1, 0.15) is 0 Å². The number of carbonyl (C=O) groups excluding carboxylic acids is 2. The zero-order chi connectivity index (χ0) is 20.9. The van der Waals surface area contributed by atoms with Crippen molar-refractivity contribution in [1.82, 2.24) is 4.90 Å². The summed E-state index contributed by atoms with van der Waals surface area (Å²) in [5.41, 5.74) is 0.701. The van der Waals surface area contributed by atoms with Gasteiger partial charge in [-0.2, -0.15) is 0 Å². The molecule has 0 atom stereocenters. The summed E-state index contributed by atoms with van der Waals surface area (Å²) in [7, 11) is 0. The van der Waals surface area contributed by atoms with Crippen molar-refractivity contribution in [2.75, 3.05) is 31.0 Å². The Morgan fingerprint density at radius 3 is 2.67 bits per heavy atom. The number of piperidine rings is 1. The third-order valence-corrected chi connectivity index (χ3v) is 7.30. The molecule has 4 rings (SSSR count). The Morgan fingerprint density at radius 2 is 1.87 bits per heavy atom. The quantitative estimate of drug-likeness (QED) is 0.602. The van der Waals surface area contributed by atoms with Gasteiger partial charge in [0.25, 0.3) is 0 Å². The first kappa shape index (κ1) is 21.1. The fourth-order valence-corrected chi connectivity index (χ4v) is 5.08. The first-order chi connectivity index (χ1) is 14.6. The minimum atomic E-state index is -0.0888. The zero-order valence-electron chi connectivity index (χ0n) is 16.4. The average molecular weight is 491 g/mol. The lowest BCUT2D eigenvalue weighted by Gasteiger charge is -2.31. The molecule has 2 heterocycles. The van der Waals surface area contributed by atoms with Crippen LogP contribution in [-0.2, 0) is 9.59 Å². The predicted molar refractivity (Wildman–Crippen MR) is 120 cm³/mol. The van der Waals surface area contributed by atoms with Crippen LogP contribution in [0.3, 0.4) is 0 Å². The lowest BCUT2D eigenvalue weighted by molar-refractivity contribution is -0.134. The minimum absolute atomic E-state index is 0.00884. The van der Waals surface area contributed by atoms with Crippen LogP contribution in [0.2, 0.25) is 0 Å². The normalized spacial score (nSPS) is 15.8. The van der Waals surface area contributed by atoms with Crippen LogP contribution in [0, 0.1) is 5.92 Å². The van der Waals surface area contributed by atoms with Gasteiger partial charge in [-0.3, -0.25) is 9.59 Å². The number of halogens is 1. The van der Waals surface area contributed by atoms with Crippen molar-refractivity contribution in [1.29, 1.82) is 0 Å². The fraction of sp³-hybridized carbons (Fsp3) is 0.364. The Morgan fingerprint density at radius 1 is 1.10 bits per heavy atom. The molecule has 8 heteroatoms. The molecule has 6 nitrogen and oxygen atoms in total. The van der Waals surface area contributed by atoms with E-state index < -0.39 is 0 Å². The number of ether oxygens (including phenoxy) is 2. The first-order valence-corrected chi connectivity index (χ1v) is 11.7. The number of hydrogen-bond donors (Lipinski definition) is 1. The van der Waals surface area contributed by atoms with E-state index in [0.29, 0.717) is 49.5 Å². The largest absolute Gasteiger partial charge is 0.454 e. The van der Waals surface area contributed by atoms with Gasteiger partial charge in [0.2, 0.25) is 18.6 Å². The summed E-state index contributed by atoms with van der Waals surface area (Å²) in [6.45, 7) is 1.45. The zero-order valence-corrected chi connectivity index (χ0v) is 18.8. The van der Waals surface area contributed by atoms with E-state index in [0.717, 1.165) is 15.1 Å². The number of rotatable bonds is 6. The molecule has 1 saturated heterocycles. The van der Waals surface area contributed by atoms with E-state index in [1.165, 1.54) is 0 Å². The SMILES string of the molecule is O=C(Nc1ccc2c(c1)OCO2)C1CCN(C(=O)CCSc2ccccc2Br)CC1. The van der Waals surface area contributed by atoms with Gasteiger partial charge < -0.3 is 19.7 Å². The molecule has 0 unspecified atom stereocenters. The summed E-state index contributed by atoms with van der Waals surface area (Å²) in [6.07, 6.45) is 1.86. The molecule has 2 aliphatic heterocycles. The molecule has 2 aromatic carbocycles. The van der Waals surface area contributed by atoms with Crippen molar-refractivity contribution in [2.45, 2.75) is 24.2 Å². The van der Waals surface area contributed by atoms with Crippen molar-refractivity contribution >= 4 is 45.2 Å². The highest BCUT2D eigenvalue weighted by atomic mass is 79.9. The van der Waals surface area contributed by atoms with Gasteiger partial charge in [0.05, 0.1) is 0 Å². The number of benzene rings is 2. The van der Waals surface area contributed by atoms with E-state index in [1.54, 1.807) is 23.9 Å². The molecular formula is C22H23BrN2O4S. The average Bonchev–Trinajstić information content (AvgIpc) is 3.23. The number of nitrogens with zero attached hydrogens (tertiary/aromatic N) is 1. The minimum Gasteiger partial charge on any atom is -0.454 e. The molecule has 30 heavy (non-hydrogen) atoms. The van der Waals surface area contributed by atoms with Crippen LogP contribution in [-0.4, -0.2) is 42.3 Å². The summed E-state index contributed by atoms with van der Waals surface area (Å²) in [5, 5.41) is 2.96. The smallest absolute Gasteiger partial charge is 0.231 e. The van der Waals surface area contributed by atoms with Gasteiger partial charge in [0.15, 0.2) is 11.5 Å². The monoisotopic (exact) mass is 490 g/mol. The molecule has 2 aliphatic rings. The maximum Gasteiger partial charge on any atom is 0.231 e. The van der Waals surface area contributed by atoms with Gasteiger partial charge in [-0.25, -0.2) is 0 Å². The Bertz CT molecular complexity index is 931. The van der Waals surface area contributed by atoms with Crippen LogP contribution in [0.4, 0.5) is 5.69 Å². The van der Waals surface area contributed by atoms with Crippen molar-refractivity contribution in [2.24, 2.45) is 5.92 Å². The van der Waals surface area contributed by atoms with E-state index in [9.17, 15) is 9.59 Å². The molecular weight excluding hydrogens is 468 g/mol. The Hall–Kier alpha value is -2.19. The summed E-state index contributed by atoms with van der Waals surface area (Å²) in [4.78, 5) is 28.2. The van der Waals surface area contributed by atoms with Gasteiger partial charge in [-0.1, -0.05) is 12.1 Å². The van der Waals surface area contributed by atoms with Crippen molar-refractivity contribution < 1.29 is 19.1 Å².